The predicted octanol–water partition coefficient (Wildman–Crippen LogP) is 0.451. The Labute approximate surface area is 142 Å². The summed E-state index contributed by atoms with van der Waals surface area (Å²) >= 11 is 0. The van der Waals surface area contributed by atoms with E-state index < -0.39 is 12.1 Å². The van der Waals surface area contributed by atoms with Gasteiger partial charge in [-0.25, -0.2) is 4.79 Å². The van der Waals surface area contributed by atoms with E-state index in [-0.39, 0.29) is 18.7 Å². The fourth-order valence-electron chi connectivity index (χ4n) is 1.01. The van der Waals surface area contributed by atoms with E-state index in [1.54, 1.807) is 6.92 Å². The number of carbonyl (C=O) groups is 2. The highest BCUT2D eigenvalue weighted by molar-refractivity contribution is 5.80. The Hall–Kier alpha value is -1.22. The van der Waals surface area contributed by atoms with Crippen LogP contribution in [0.4, 0.5) is 0 Å². The highest BCUT2D eigenvalue weighted by atomic mass is 16.5. The van der Waals surface area contributed by atoms with Crippen molar-refractivity contribution in [3.8, 4) is 0 Å². The fourth-order valence-corrected chi connectivity index (χ4v) is 1.01. The van der Waals surface area contributed by atoms with Crippen molar-refractivity contribution >= 4 is 11.9 Å². The van der Waals surface area contributed by atoms with Crippen LogP contribution in [0.2, 0.25) is 0 Å². The lowest BCUT2D eigenvalue weighted by Gasteiger charge is -2.11. The first-order valence-corrected chi connectivity index (χ1v) is 7.50. The third-order valence-electron chi connectivity index (χ3n) is 2.38. The van der Waals surface area contributed by atoms with Crippen LogP contribution >= 0.6 is 0 Å². The third kappa shape index (κ3) is 18.7. The van der Waals surface area contributed by atoms with Crippen LogP contribution in [0.3, 0.4) is 0 Å². The number of hydrogen-bond acceptors (Lipinski definition) is 7. The Balaban J connectivity index is -0.000000311. The first-order valence-electron chi connectivity index (χ1n) is 8.32. The van der Waals surface area contributed by atoms with E-state index in [4.69, 9.17) is 7.60 Å². The van der Waals surface area contributed by atoms with Gasteiger partial charge in [0.05, 0.1) is 7.11 Å². The summed E-state index contributed by atoms with van der Waals surface area (Å²) in [5.41, 5.74) is 0. The highest BCUT2D eigenvalue weighted by Gasteiger charge is 2.13. The van der Waals surface area contributed by atoms with E-state index in [1.807, 2.05) is 13.8 Å². The van der Waals surface area contributed by atoms with E-state index in [0.29, 0.717) is 19.4 Å². The smallest absolute Gasteiger partial charge is 0.334 e. The minimum Gasteiger partial charge on any atom is -0.467 e. The summed E-state index contributed by atoms with van der Waals surface area (Å²) in [6.07, 6.45) is 0.992. The Morgan fingerprint density at radius 3 is 2.04 bits per heavy atom. The minimum absolute atomic E-state index is 0.128. The van der Waals surface area contributed by atoms with Crippen molar-refractivity contribution in [3.63, 3.8) is 0 Å². The molecule has 2 atom stereocenters. The normalized spacial score (nSPS) is 13.0. The molecule has 8 nitrogen and oxygen atoms in total. The van der Waals surface area contributed by atoms with Crippen LogP contribution < -0.4 is 5.32 Å². The molecule has 0 heterocycles. The summed E-state index contributed by atoms with van der Waals surface area (Å²) in [5.74, 6) is -0.621. The molecule has 0 aliphatic carbocycles. The molecule has 140 valence electrons. The molecule has 0 bridgehead atoms. The average Bonchev–Trinajstić information content (AvgIpc) is 2.63. The van der Waals surface area contributed by atoms with Gasteiger partial charge >= 0.3 is 5.97 Å². The second kappa shape index (κ2) is 20.8. The molecular weight excluding hydrogens is 306 g/mol. The number of aliphatic hydroxyl groups is 2. The molecule has 0 rings (SSSR count). The molecule has 0 saturated heterocycles. The number of rotatable bonds is 10. The molecule has 0 aromatic heterocycles. The number of esters is 1. The molecule has 0 fully saturated rings. The van der Waals surface area contributed by atoms with Gasteiger partial charge in [0.1, 0.15) is 12.8 Å². The molecule has 0 radical (unpaired) electrons. The molecule has 0 aromatic carbocycles. The lowest BCUT2D eigenvalue weighted by Crippen LogP contribution is -2.36. The van der Waals surface area contributed by atoms with Crippen molar-refractivity contribution in [2.75, 3.05) is 34.7 Å². The van der Waals surface area contributed by atoms with E-state index in [9.17, 15) is 9.59 Å². The Morgan fingerprint density at radius 2 is 1.83 bits per heavy atom. The standard InChI is InChI=1S/C7H15NO3.C5H10O3.C3H8O/c1-4-6(11-3)7(9)8-5-10-2;1-3-4(6)5(7)8-2;1-2-3-4/h6H,4-5H2,1-3H3,(H,8,9);4,6H,3H2,1-2H3;4H,2-3H2,1H3/i;6D;4D. The first-order chi connectivity index (χ1) is 11.9. The number of nitrogens with one attached hydrogen (secondary N) is 1. The average molecular weight is 341 g/mol. The van der Waals surface area contributed by atoms with Crippen LogP contribution in [-0.2, 0) is 23.8 Å². The first kappa shape index (κ1) is 21.8. The van der Waals surface area contributed by atoms with Crippen molar-refractivity contribution < 1.29 is 34.0 Å². The lowest BCUT2D eigenvalue weighted by molar-refractivity contribution is -0.150. The van der Waals surface area contributed by atoms with Gasteiger partial charge in [-0.1, -0.05) is 20.8 Å². The molecule has 0 aromatic rings. The molecule has 2 unspecified atom stereocenters. The predicted molar refractivity (Wildman–Crippen MR) is 86.8 cm³/mol. The number of amides is 1. The molecule has 0 aliphatic rings. The molecule has 23 heavy (non-hydrogen) atoms. The van der Waals surface area contributed by atoms with Gasteiger partial charge in [-0.15, -0.1) is 0 Å². The molecule has 1 amide bonds. The monoisotopic (exact) mass is 341 g/mol. The number of ether oxygens (including phenoxy) is 3. The number of methoxy groups -OCH3 is 3. The molecular formula is C15H33NO7. The summed E-state index contributed by atoms with van der Waals surface area (Å²) < 4.78 is 26.4. The van der Waals surface area contributed by atoms with Gasteiger partial charge in [-0.05, 0) is 19.3 Å². The van der Waals surface area contributed by atoms with E-state index in [0.717, 1.165) is 6.42 Å². The van der Waals surface area contributed by atoms with Gasteiger partial charge in [-0.3, -0.25) is 4.79 Å². The van der Waals surface area contributed by atoms with Crippen molar-refractivity contribution in [2.24, 2.45) is 0 Å². The van der Waals surface area contributed by atoms with Gasteiger partial charge in [0.2, 0.25) is 2.86 Å². The fraction of sp³-hybridized carbons (Fsp3) is 0.867. The minimum atomic E-state index is -0.727. The SMILES string of the molecule is CCC(OC)C(=O)NCOC.[2H]OC(CC)C(=O)OC.[2H]OCCC. The zero-order valence-corrected chi connectivity index (χ0v) is 15.0. The van der Waals surface area contributed by atoms with Gasteiger partial charge < -0.3 is 29.7 Å². The van der Waals surface area contributed by atoms with E-state index in [2.05, 4.69) is 25.0 Å². The van der Waals surface area contributed by atoms with Crippen molar-refractivity contribution in [2.45, 2.75) is 52.2 Å². The Bertz CT molecular complexity index is 300. The van der Waals surface area contributed by atoms with Gasteiger partial charge in [0, 0.05) is 20.8 Å². The summed E-state index contributed by atoms with van der Waals surface area (Å²) in [5, 5.41) is 10.5. The highest BCUT2D eigenvalue weighted by Crippen LogP contribution is 1.94. The van der Waals surface area contributed by atoms with Crippen LogP contribution in [0.5, 0.6) is 0 Å². The third-order valence-corrected chi connectivity index (χ3v) is 2.38. The van der Waals surface area contributed by atoms with Crippen molar-refractivity contribution in [1.29, 1.82) is 2.86 Å². The van der Waals surface area contributed by atoms with Crippen LogP contribution in [0, 0.1) is 0 Å². The van der Waals surface area contributed by atoms with Crippen molar-refractivity contribution in [1.82, 2.24) is 5.32 Å². The zero-order valence-electron chi connectivity index (χ0n) is 17.0. The quantitative estimate of drug-likeness (QED) is 0.390. The maximum atomic E-state index is 11.0. The summed E-state index contributed by atoms with van der Waals surface area (Å²) in [6.45, 7) is 6.39. The zero-order chi connectivity index (χ0) is 20.1. The Morgan fingerprint density at radius 1 is 1.17 bits per heavy atom. The summed E-state index contributed by atoms with van der Waals surface area (Å²) in [4.78, 5) is 21.6. The largest absolute Gasteiger partial charge is 0.467 e. The number of carbonyl (C=O) groups excluding carboxylic acids is 2. The van der Waals surface area contributed by atoms with Crippen LogP contribution in [-0.4, -0.2) is 71.8 Å². The van der Waals surface area contributed by atoms with Gasteiger partial charge in [0.25, 0.3) is 5.91 Å². The Kier molecular flexibility index (Phi) is 19.7. The summed E-state index contributed by atoms with van der Waals surface area (Å²) in [6, 6.07) is 0. The van der Waals surface area contributed by atoms with E-state index >= 15 is 0 Å². The van der Waals surface area contributed by atoms with Gasteiger partial charge in [-0.2, -0.15) is 0 Å². The second-order valence-electron chi connectivity index (χ2n) is 4.23. The van der Waals surface area contributed by atoms with Crippen LogP contribution in [0.25, 0.3) is 0 Å². The number of aliphatic hydroxyl groups excluding tert-OH is 2. The maximum absolute atomic E-state index is 11.0. The van der Waals surface area contributed by atoms with Crippen LogP contribution in [0.15, 0.2) is 0 Å². The lowest BCUT2D eigenvalue weighted by atomic mass is 10.2. The second-order valence-corrected chi connectivity index (χ2v) is 4.23. The maximum Gasteiger partial charge on any atom is 0.334 e. The molecule has 0 spiro atoms. The van der Waals surface area contributed by atoms with E-state index in [1.165, 1.54) is 21.3 Å². The molecule has 0 saturated carbocycles. The van der Waals surface area contributed by atoms with Gasteiger partial charge in [0.15, 0.2) is 6.10 Å². The summed E-state index contributed by atoms with van der Waals surface area (Å²) in [7, 11) is 4.30. The number of hydrogen-bond donors (Lipinski definition) is 3. The topological polar surface area (TPSA) is 114 Å². The molecule has 3 N–H and O–H groups in total. The molecule has 0 aliphatic heterocycles. The van der Waals surface area contributed by atoms with Crippen molar-refractivity contribution in [3.05, 3.63) is 0 Å². The molecule has 8 heteroatoms. The van der Waals surface area contributed by atoms with Crippen LogP contribution in [0.1, 0.15) is 40.0 Å².